The SMILES string of the molecule is CC(=O)Nc1nccn1Cc1cccc(OCCN)c1C. The zero-order valence-electron chi connectivity index (χ0n) is 12.3. The number of carbonyl (C=O) groups excluding carboxylic acids is 1. The van der Waals surface area contributed by atoms with Crippen molar-refractivity contribution in [2.45, 2.75) is 20.4 Å². The van der Waals surface area contributed by atoms with Crippen molar-refractivity contribution in [1.82, 2.24) is 9.55 Å². The molecule has 0 unspecified atom stereocenters. The van der Waals surface area contributed by atoms with Crippen LogP contribution in [0.5, 0.6) is 5.75 Å². The maximum Gasteiger partial charge on any atom is 0.223 e. The van der Waals surface area contributed by atoms with Crippen molar-refractivity contribution in [3.05, 3.63) is 41.7 Å². The average molecular weight is 288 g/mol. The van der Waals surface area contributed by atoms with Crippen LogP contribution in [0.3, 0.4) is 0 Å². The number of anilines is 1. The number of rotatable bonds is 6. The number of benzene rings is 1. The summed E-state index contributed by atoms with van der Waals surface area (Å²) in [6, 6.07) is 5.91. The lowest BCUT2D eigenvalue weighted by Crippen LogP contribution is -2.13. The normalized spacial score (nSPS) is 10.4. The van der Waals surface area contributed by atoms with E-state index in [1.807, 2.05) is 35.9 Å². The standard InChI is InChI=1S/C15H20N4O2/c1-11-13(4-3-5-14(11)21-9-6-16)10-19-8-7-17-15(19)18-12(2)20/h3-5,7-8H,6,9-10,16H2,1-2H3,(H,17,18,20). The van der Waals surface area contributed by atoms with Crippen molar-refractivity contribution in [3.63, 3.8) is 0 Å². The minimum atomic E-state index is -0.140. The van der Waals surface area contributed by atoms with Crippen LogP contribution in [-0.2, 0) is 11.3 Å². The van der Waals surface area contributed by atoms with Gasteiger partial charge in [0.25, 0.3) is 0 Å². The van der Waals surface area contributed by atoms with Gasteiger partial charge in [-0.25, -0.2) is 4.98 Å². The Morgan fingerprint density at radius 3 is 3.00 bits per heavy atom. The Morgan fingerprint density at radius 1 is 1.48 bits per heavy atom. The van der Waals surface area contributed by atoms with Gasteiger partial charge < -0.3 is 15.0 Å². The Morgan fingerprint density at radius 2 is 2.29 bits per heavy atom. The maximum atomic E-state index is 11.2. The molecule has 0 aliphatic rings. The van der Waals surface area contributed by atoms with Crippen LogP contribution in [0.4, 0.5) is 5.95 Å². The van der Waals surface area contributed by atoms with Crippen LogP contribution in [0, 0.1) is 6.92 Å². The fourth-order valence-electron chi connectivity index (χ4n) is 2.06. The molecule has 1 heterocycles. The summed E-state index contributed by atoms with van der Waals surface area (Å²) in [7, 11) is 0. The molecule has 2 aromatic rings. The van der Waals surface area contributed by atoms with E-state index in [1.165, 1.54) is 6.92 Å². The fourth-order valence-corrected chi connectivity index (χ4v) is 2.06. The molecule has 6 nitrogen and oxygen atoms in total. The number of carbonyl (C=O) groups is 1. The quantitative estimate of drug-likeness (QED) is 0.844. The molecule has 3 N–H and O–H groups in total. The number of hydrogen-bond donors (Lipinski definition) is 2. The van der Waals surface area contributed by atoms with Crippen molar-refractivity contribution in [1.29, 1.82) is 0 Å². The molecule has 0 aliphatic heterocycles. The lowest BCUT2D eigenvalue weighted by Gasteiger charge is -2.14. The largest absolute Gasteiger partial charge is 0.492 e. The minimum Gasteiger partial charge on any atom is -0.492 e. The van der Waals surface area contributed by atoms with Gasteiger partial charge >= 0.3 is 0 Å². The molecule has 0 saturated carbocycles. The first-order valence-corrected chi connectivity index (χ1v) is 6.82. The summed E-state index contributed by atoms with van der Waals surface area (Å²) in [6.45, 7) is 5.06. The Kier molecular flexibility index (Phi) is 4.94. The van der Waals surface area contributed by atoms with Gasteiger partial charge in [0.15, 0.2) is 0 Å². The molecule has 1 aromatic carbocycles. The van der Waals surface area contributed by atoms with Crippen LogP contribution < -0.4 is 15.8 Å². The van der Waals surface area contributed by atoms with Crippen LogP contribution in [-0.4, -0.2) is 28.6 Å². The Labute approximate surface area is 123 Å². The molecule has 0 atom stereocenters. The summed E-state index contributed by atoms with van der Waals surface area (Å²) in [5, 5.41) is 2.71. The van der Waals surface area contributed by atoms with Crippen molar-refractivity contribution >= 4 is 11.9 Å². The van der Waals surface area contributed by atoms with Gasteiger partial charge in [0.05, 0.1) is 6.54 Å². The molecule has 0 aliphatic carbocycles. The third kappa shape index (κ3) is 3.82. The van der Waals surface area contributed by atoms with E-state index in [0.717, 1.165) is 16.9 Å². The Bertz CT molecular complexity index is 622. The van der Waals surface area contributed by atoms with E-state index in [9.17, 15) is 4.79 Å². The van der Waals surface area contributed by atoms with Crippen molar-refractivity contribution in [2.75, 3.05) is 18.5 Å². The molecule has 0 radical (unpaired) electrons. The number of ether oxygens (including phenoxy) is 1. The van der Waals surface area contributed by atoms with Gasteiger partial charge in [-0.3, -0.25) is 10.1 Å². The van der Waals surface area contributed by atoms with Gasteiger partial charge in [-0.05, 0) is 24.1 Å². The smallest absolute Gasteiger partial charge is 0.223 e. The maximum absolute atomic E-state index is 11.2. The van der Waals surface area contributed by atoms with E-state index in [4.69, 9.17) is 10.5 Å². The summed E-state index contributed by atoms with van der Waals surface area (Å²) in [6.07, 6.45) is 3.49. The van der Waals surface area contributed by atoms with Crippen molar-refractivity contribution < 1.29 is 9.53 Å². The van der Waals surface area contributed by atoms with E-state index < -0.39 is 0 Å². The average Bonchev–Trinajstić information content (AvgIpc) is 2.86. The van der Waals surface area contributed by atoms with E-state index in [0.29, 0.717) is 25.6 Å². The van der Waals surface area contributed by atoms with E-state index in [2.05, 4.69) is 10.3 Å². The van der Waals surface area contributed by atoms with Crippen LogP contribution in [0.15, 0.2) is 30.6 Å². The number of amides is 1. The molecule has 0 fully saturated rings. The van der Waals surface area contributed by atoms with Crippen LogP contribution >= 0.6 is 0 Å². The first-order valence-electron chi connectivity index (χ1n) is 6.82. The summed E-state index contributed by atoms with van der Waals surface area (Å²) in [5.41, 5.74) is 7.63. The van der Waals surface area contributed by atoms with Crippen LogP contribution in [0.1, 0.15) is 18.1 Å². The molecule has 0 saturated heterocycles. The second kappa shape index (κ2) is 6.90. The fraction of sp³-hybridized carbons (Fsp3) is 0.333. The van der Waals surface area contributed by atoms with Crippen molar-refractivity contribution in [2.24, 2.45) is 5.73 Å². The van der Waals surface area contributed by atoms with Gasteiger partial charge in [-0.15, -0.1) is 0 Å². The molecule has 1 amide bonds. The lowest BCUT2D eigenvalue weighted by molar-refractivity contribution is -0.114. The zero-order chi connectivity index (χ0) is 15.2. The van der Waals surface area contributed by atoms with Gasteiger partial charge in [0.1, 0.15) is 12.4 Å². The monoisotopic (exact) mass is 288 g/mol. The third-order valence-electron chi connectivity index (χ3n) is 3.12. The van der Waals surface area contributed by atoms with Gasteiger partial charge in [0, 0.05) is 25.9 Å². The summed E-state index contributed by atoms with van der Waals surface area (Å²) in [4.78, 5) is 15.3. The molecule has 6 heteroatoms. The highest BCUT2D eigenvalue weighted by atomic mass is 16.5. The molecule has 2 rings (SSSR count). The molecule has 1 aromatic heterocycles. The van der Waals surface area contributed by atoms with Gasteiger partial charge in [0.2, 0.25) is 11.9 Å². The highest BCUT2D eigenvalue weighted by molar-refractivity contribution is 5.86. The van der Waals surface area contributed by atoms with Crippen LogP contribution in [0.25, 0.3) is 0 Å². The number of nitrogens with zero attached hydrogens (tertiary/aromatic N) is 2. The second-order valence-corrected chi connectivity index (χ2v) is 4.74. The number of nitrogens with one attached hydrogen (secondary N) is 1. The highest BCUT2D eigenvalue weighted by Gasteiger charge is 2.09. The second-order valence-electron chi connectivity index (χ2n) is 4.74. The topological polar surface area (TPSA) is 82.2 Å². The zero-order valence-corrected chi connectivity index (χ0v) is 12.3. The Balaban J connectivity index is 2.20. The predicted octanol–water partition coefficient (Wildman–Crippen LogP) is 1.54. The molecular formula is C15H20N4O2. The number of nitrogens with two attached hydrogens (primary N) is 1. The molecule has 0 spiro atoms. The van der Waals surface area contributed by atoms with E-state index in [1.54, 1.807) is 6.20 Å². The predicted molar refractivity (Wildman–Crippen MR) is 81.4 cm³/mol. The third-order valence-corrected chi connectivity index (χ3v) is 3.12. The summed E-state index contributed by atoms with van der Waals surface area (Å²) < 4.78 is 7.51. The summed E-state index contributed by atoms with van der Waals surface area (Å²) in [5.74, 6) is 1.23. The molecule has 112 valence electrons. The lowest BCUT2D eigenvalue weighted by atomic mass is 10.1. The summed E-state index contributed by atoms with van der Waals surface area (Å²) >= 11 is 0. The number of aromatic nitrogens is 2. The first kappa shape index (κ1) is 15.1. The number of hydrogen-bond acceptors (Lipinski definition) is 4. The van der Waals surface area contributed by atoms with E-state index >= 15 is 0 Å². The first-order chi connectivity index (χ1) is 10.1. The van der Waals surface area contributed by atoms with E-state index in [-0.39, 0.29) is 5.91 Å². The minimum absolute atomic E-state index is 0.140. The molecule has 0 bridgehead atoms. The highest BCUT2D eigenvalue weighted by Crippen LogP contribution is 2.23. The van der Waals surface area contributed by atoms with Gasteiger partial charge in [-0.1, -0.05) is 12.1 Å². The number of imidazole rings is 1. The molecule has 21 heavy (non-hydrogen) atoms. The molecular weight excluding hydrogens is 268 g/mol. The van der Waals surface area contributed by atoms with Crippen LogP contribution in [0.2, 0.25) is 0 Å². The van der Waals surface area contributed by atoms with Gasteiger partial charge in [-0.2, -0.15) is 0 Å². The Hall–Kier alpha value is -2.34. The van der Waals surface area contributed by atoms with Crippen molar-refractivity contribution in [3.8, 4) is 5.75 Å².